The smallest absolute Gasteiger partial charge is 0.321 e. The van der Waals surface area contributed by atoms with Crippen LogP contribution in [-0.2, 0) is 0 Å². The third-order valence-corrected chi connectivity index (χ3v) is 1.84. The molecule has 0 aliphatic heterocycles. The maximum Gasteiger partial charge on any atom is 0.321 e. The first-order valence-corrected chi connectivity index (χ1v) is 4.38. The molecular formula is C9H8N4O3. The van der Waals surface area contributed by atoms with Gasteiger partial charge in [-0.25, -0.2) is 9.97 Å². The number of hydrogen-bond donors (Lipinski definition) is 2. The Labute approximate surface area is 89.7 Å². The van der Waals surface area contributed by atoms with E-state index in [9.17, 15) is 10.1 Å². The molecule has 7 heteroatoms. The molecule has 2 rings (SSSR count). The highest BCUT2D eigenvalue weighted by Crippen LogP contribution is 2.13. The molecule has 0 amide bonds. The van der Waals surface area contributed by atoms with Crippen molar-refractivity contribution < 1.29 is 9.34 Å². The monoisotopic (exact) mass is 220 g/mol. The molecule has 3 N–H and O–H groups in total. The van der Waals surface area contributed by atoms with E-state index in [4.69, 9.17) is 10.2 Å². The zero-order valence-corrected chi connectivity index (χ0v) is 8.08. The van der Waals surface area contributed by atoms with E-state index in [1.165, 1.54) is 12.3 Å². The molecule has 0 bridgehead atoms. The van der Waals surface area contributed by atoms with Crippen LogP contribution in [0.15, 0.2) is 22.7 Å². The molecular weight excluding hydrogens is 212 g/mol. The third kappa shape index (κ3) is 2.08. The Hall–Kier alpha value is -2.57. The maximum atomic E-state index is 10.4. The molecule has 7 nitrogen and oxygen atoms in total. The van der Waals surface area contributed by atoms with E-state index in [-0.39, 0.29) is 11.7 Å². The van der Waals surface area contributed by atoms with Crippen molar-refractivity contribution in [3.05, 3.63) is 40.0 Å². The molecule has 2 aromatic heterocycles. The topological polar surface area (TPSA) is 111 Å². The number of hydrogen-bond acceptors (Lipinski definition) is 5. The molecule has 0 aromatic carbocycles. The van der Waals surface area contributed by atoms with Crippen molar-refractivity contribution in [2.45, 2.75) is 0 Å². The number of nitro groups is 1. The lowest BCUT2D eigenvalue weighted by Gasteiger charge is -1.86. The Morgan fingerprint density at radius 1 is 1.50 bits per heavy atom. The summed E-state index contributed by atoms with van der Waals surface area (Å²) in [4.78, 5) is 16.3. The van der Waals surface area contributed by atoms with Crippen molar-refractivity contribution in [3.63, 3.8) is 0 Å². The number of nitrogen functional groups attached to an aromatic ring is 1. The zero-order valence-electron chi connectivity index (χ0n) is 8.08. The first-order valence-electron chi connectivity index (χ1n) is 4.38. The Balaban J connectivity index is 2.14. The predicted molar refractivity (Wildman–Crippen MR) is 57.3 cm³/mol. The summed E-state index contributed by atoms with van der Waals surface area (Å²) < 4.78 is 4.99. The molecule has 0 radical (unpaired) electrons. The van der Waals surface area contributed by atoms with Gasteiger partial charge >= 0.3 is 5.82 Å². The number of nitrogens with two attached hydrogens (primary N) is 1. The number of H-pyrrole nitrogens is 1. The van der Waals surface area contributed by atoms with Gasteiger partial charge in [0.25, 0.3) is 0 Å². The minimum Gasteiger partial charge on any atom is -0.422 e. The number of nitrogens with zero attached hydrogens (tertiary/aromatic N) is 2. The van der Waals surface area contributed by atoms with E-state index in [0.29, 0.717) is 11.6 Å². The second kappa shape index (κ2) is 3.89. The zero-order chi connectivity index (χ0) is 11.5. The van der Waals surface area contributed by atoms with Gasteiger partial charge in [-0.1, -0.05) is 0 Å². The number of oxazole rings is 1. The second-order valence-corrected chi connectivity index (χ2v) is 2.99. The number of aromatic nitrogens is 2. The van der Waals surface area contributed by atoms with Crippen molar-refractivity contribution >= 4 is 23.9 Å². The molecule has 0 aliphatic rings. The summed E-state index contributed by atoms with van der Waals surface area (Å²) >= 11 is 0. The Kier molecular flexibility index (Phi) is 2.42. The average molecular weight is 220 g/mol. The first-order chi connectivity index (χ1) is 7.65. The second-order valence-electron chi connectivity index (χ2n) is 2.99. The molecule has 2 heterocycles. The summed E-state index contributed by atoms with van der Waals surface area (Å²) in [6.45, 7) is 0. The lowest BCUT2D eigenvalue weighted by atomic mass is 10.4. The van der Waals surface area contributed by atoms with Crippen LogP contribution in [0.5, 0.6) is 0 Å². The molecule has 0 aliphatic carbocycles. The summed E-state index contributed by atoms with van der Waals surface area (Å²) in [5.41, 5.74) is 5.92. The molecule has 0 saturated carbocycles. The van der Waals surface area contributed by atoms with Gasteiger partial charge in [-0.2, -0.15) is 0 Å². The lowest BCUT2D eigenvalue weighted by molar-refractivity contribution is -0.389. The Morgan fingerprint density at radius 3 is 2.88 bits per heavy atom. The van der Waals surface area contributed by atoms with Crippen molar-refractivity contribution in [3.8, 4) is 0 Å². The molecule has 0 spiro atoms. The average Bonchev–Trinajstić information content (AvgIpc) is 2.83. The lowest BCUT2D eigenvalue weighted by Crippen LogP contribution is -1.86. The third-order valence-electron chi connectivity index (χ3n) is 1.84. The minimum atomic E-state index is -0.500. The fourth-order valence-electron chi connectivity index (χ4n) is 1.14. The summed E-state index contributed by atoms with van der Waals surface area (Å²) in [6, 6.07) is 2.96. The maximum absolute atomic E-state index is 10.4. The van der Waals surface area contributed by atoms with Gasteiger partial charge in [-0.15, -0.1) is 0 Å². The molecule has 2 aromatic rings. The van der Waals surface area contributed by atoms with Gasteiger partial charge < -0.3 is 20.3 Å². The highest BCUT2D eigenvalue weighted by atomic mass is 16.6. The predicted octanol–water partition coefficient (Wildman–Crippen LogP) is 1.66. The number of anilines is 1. The van der Waals surface area contributed by atoms with Gasteiger partial charge in [0.1, 0.15) is 5.69 Å². The van der Waals surface area contributed by atoms with Crippen LogP contribution in [0, 0.1) is 10.1 Å². The summed E-state index contributed by atoms with van der Waals surface area (Å²) in [5.74, 6) is 0.499. The number of rotatable bonds is 3. The SMILES string of the molecule is Nc1cnc(/C=C/c2ccc([N+](=O)[O-])[nH]2)o1. The van der Waals surface area contributed by atoms with Crippen LogP contribution >= 0.6 is 0 Å². The van der Waals surface area contributed by atoms with Crippen LogP contribution in [0.25, 0.3) is 12.2 Å². The standard InChI is InChI=1S/C9H8N4O3/c10-7-5-11-9(16-7)4-2-6-1-3-8(12-6)13(14)15/h1-5,12H,10H2/b4-2+. The van der Waals surface area contributed by atoms with Crippen molar-refractivity contribution in [2.75, 3.05) is 5.73 Å². The van der Waals surface area contributed by atoms with Gasteiger partial charge in [-0.05, 0) is 17.1 Å². The van der Waals surface area contributed by atoms with Crippen LogP contribution in [0.4, 0.5) is 11.7 Å². The van der Waals surface area contributed by atoms with Crippen molar-refractivity contribution in [1.29, 1.82) is 0 Å². The van der Waals surface area contributed by atoms with Crippen LogP contribution in [-0.4, -0.2) is 14.9 Å². The molecule has 0 fully saturated rings. The molecule has 0 unspecified atom stereocenters. The van der Waals surface area contributed by atoms with E-state index in [1.807, 2.05) is 0 Å². The summed E-state index contributed by atoms with van der Waals surface area (Å²) in [7, 11) is 0. The van der Waals surface area contributed by atoms with Crippen LogP contribution in [0.2, 0.25) is 0 Å². The molecule has 82 valence electrons. The highest BCUT2D eigenvalue weighted by molar-refractivity contribution is 5.65. The summed E-state index contributed by atoms with van der Waals surface area (Å²) in [6.07, 6.45) is 4.56. The van der Waals surface area contributed by atoms with E-state index in [2.05, 4.69) is 9.97 Å². The minimum absolute atomic E-state index is 0.0634. The molecule has 0 atom stereocenters. The van der Waals surface area contributed by atoms with Gasteiger partial charge in [0, 0.05) is 12.1 Å². The first kappa shape index (κ1) is 9.97. The summed E-state index contributed by atoms with van der Waals surface area (Å²) in [5, 5.41) is 10.4. The van der Waals surface area contributed by atoms with Crippen molar-refractivity contribution in [2.24, 2.45) is 0 Å². The van der Waals surface area contributed by atoms with Crippen molar-refractivity contribution in [1.82, 2.24) is 9.97 Å². The molecule has 0 saturated heterocycles. The van der Waals surface area contributed by atoms with E-state index >= 15 is 0 Å². The van der Waals surface area contributed by atoms with Gasteiger partial charge in [-0.3, -0.25) is 0 Å². The van der Waals surface area contributed by atoms with Gasteiger partial charge in [0.2, 0.25) is 11.8 Å². The number of nitrogens with one attached hydrogen (secondary N) is 1. The quantitative estimate of drug-likeness (QED) is 0.603. The van der Waals surface area contributed by atoms with Crippen LogP contribution < -0.4 is 5.73 Å². The largest absolute Gasteiger partial charge is 0.422 e. The van der Waals surface area contributed by atoms with E-state index < -0.39 is 4.92 Å². The van der Waals surface area contributed by atoms with E-state index in [0.717, 1.165) is 0 Å². The highest BCUT2D eigenvalue weighted by Gasteiger charge is 2.05. The normalized spacial score (nSPS) is 11.0. The molecule has 16 heavy (non-hydrogen) atoms. The Morgan fingerprint density at radius 2 is 2.31 bits per heavy atom. The fraction of sp³-hybridized carbons (Fsp3) is 0. The Bertz CT molecular complexity index is 540. The van der Waals surface area contributed by atoms with Gasteiger partial charge in [0.15, 0.2) is 0 Å². The van der Waals surface area contributed by atoms with Gasteiger partial charge in [0.05, 0.1) is 6.20 Å². The fourth-order valence-corrected chi connectivity index (χ4v) is 1.14. The van der Waals surface area contributed by atoms with Crippen LogP contribution in [0.1, 0.15) is 11.6 Å². The number of aromatic amines is 1. The van der Waals surface area contributed by atoms with E-state index in [1.54, 1.807) is 18.2 Å². The van der Waals surface area contributed by atoms with Crippen LogP contribution in [0.3, 0.4) is 0 Å².